The van der Waals surface area contributed by atoms with Gasteiger partial charge in [0, 0.05) is 11.7 Å². The van der Waals surface area contributed by atoms with E-state index in [1.807, 2.05) is 6.92 Å². The number of carboxylic acids is 1. The van der Waals surface area contributed by atoms with E-state index in [2.05, 4.69) is 22.6 Å². The quantitative estimate of drug-likeness (QED) is 0.794. The van der Waals surface area contributed by atoms with Gasteiger partial charge in [-0.1, -0.05) is 6.07 Å². The zero-order chi connectivity index (χ0) is 15.4. The molecular formula is C15H21N3O3. The Morgan fingerprint density at radius 3 is 2.57 bits per heavy atom. The maximum atomic E-state index is 12.0. The molecule has 1 aliphatic heterocycles. The molecule has 6 heteroatoms. The lowest BCUT2D eigenvalue weighted by Crippen LogP contribution is -2.44. The Balaban J connectivity index is 1.96. The molecule has 2 rings (SSSR count). The van der Waals surface area contributed by atoms with Crippen molar-refractivity contribution < 1.29 is 14.7 Å². The molecule has 1 fully saturated rings. The summed E-state index contributed by atoms with van der Waals surface area (Å²) in [5, 5.41) is 14.7. The summed E-state index contributed by atoms with van der Waals surface area (Å²) in [4.78, 5) is 25.2. The van der Waals surface area contributed by atoms with Gasteiger partial charge >= 0.3 is 12.0 Å². The molecule has 0 aromatic heterocycles. The molecule has 114 valence electrons. The number of likely N-dealkylation sites (tertiary alicyclic amines) is 1. The van der Waals surface area contributed by atoms with Crippen LogP contribution in [0, 0.1) is 6.92 Å². The number of anilines is 1. The molecule has 1 aromatic carbocycles. The van der Waals surface area contributed by atoms with Crippen LogP contribution in [0.3, 0.4) is 0 Å². The minimum absolute atomic E-state index is 0.162. The lowest BCUT2D eigenvalue weighted by Gasteiger charge is -2.29. The van der Waals surface area contributed by atoms with Gasteiger partial charge in [-0.3, -0.25) is 0 Å². The number of urea groups is 1. The van der Waals surface area contributed by atoms with Crippen LogP contribution in [0.15, 0.2) is 18.2 Å². The highest BCUT2D eigenvalue weighted by Gasteiger charge is 2.18. The second-order valence-electron chi connectivity index (χ2n) is 5.51. The van der Waals surface area contributed by atoms with Crippen LogP contribution < -0.4 is 10.6 Å². The van der Waals surface area contributed by atoms with Gasteiger partial charge in [-0.25, -0.2) is 9.59 Å². The number of nitrogens with one attached hydrogen (secondary N) is 2. The van der Waals surface area contributed by atoms with Crippen LogP contribution in [-0.4, -0.2) is 48.2 Å². The summed E-state index contributed by atoms with van der Waals surface area (Å²) >= 11 is 0. The summed E-state index contributed by atoms with van der Waals surface area (Å²) in [7, 11) is 2.07. The number of piperidine rings is 1. The predicted octanol–water partition coefficient (Wildman–Crippen LogP) is 1.91. The fourth-order valence-electron chi connectivity index (χ4n) is 2.39. The van der Waals surface area contributed by atoms with E-state index >= 15 is 0 Å². The SMILES string of the molecule is Cc1ccc(C(=O)O)cc1NC(=O)NC1CCN(C)CC1. The smallest absolute Gasteiger partial charge is 0.335 e. The molecule has 1 saturated heterocycles. The van der Waals surface area contributed by atoms with E-state index < -0.39 is 5.97 Å². The Hall–Kier alpha value is -2.08. The van der Waals surface area contributed by atoms with Gasteiger partial charge in [0.15, 0.2) is 0 Å². The summed E-state index contributed by atoms with van der Waals surface area (Å²) in [6.07, 6.45) is 1.86. The summed E-state index contributed by atoms with van der Waals surface area (Å²) in [6, 6.07) is 4.58. The van der Waals surface area contributed by atoms with Gasteiger partial charge in [-0.05, 0) is 57.6 Å². The number of carbonyl (C=O) groups excluding carboxylic acids is 1. The average molecular weight is 291 g/mol. The number of aromatic carboxylic acids is 1. The van der Waals surface area contributed by atoms with E-state index in [0.717, 1.165) is 31.5 Å². The molecule has 0 saturated carbocycles. The van der Waals surface area contributed by atoms with Gasteiger partial charge in [-0.2, -0.15) is 0 Å². The van der Waals surface area contributed by atoms with Gasteiger partial charge in [0.05, 0.1) is 5.56 Å². The summed E-state index contributed by atoms with van der Waals surface area (Å²) < 4.78 is 0. The molecule has 0 bridgehead atoms. The maximum absolute atomic E-state index is 12.0. The fraction of sp³-hybridized carbons (Fsp3) is 0.467. The second kappa shape index (κ2) is 6.58. The van der Waals surface area contributed by atoms with Crippen LogP contribution in [0.5, 0.6) is 0 Å². The molecule has 0 aliphatic carbocycles. The molecule has 3 N–H and O–H groups in total. The number of amides is 2. The van der Waals surface area contributed by atoms with E-state index in [1.165, 1.54) is 12.1 Å². The Morgan fingerprint density at radius 1 is 1.29 bits per heavy atom. The summed E-state index contributed by atoms with van der Waals surface area (Å²) in [5.74, 6) is -1.01. The van der Waals surface area contributed by atoms with E-state index in [0.29, 0.717) is 5.69 Å². The van der Waals surface area contributed by atoms with Crippen molar-refractivity contribution in [1.82, 2.24) is 10.2 Å². The van der Waals surface area contributed by atoms with Crippen LogP contribution in [-0.2, 0) is 0 Å². The van der Waals surface area contributed by atoms with Crippen molar-refractivity contribution in [2.75, 3.05) is 25.5 Å². The first-order chi connectivity index (χ1) is 9.95. The summed E-state index contributed by atoms with van der Waals surface area (Å²) in [5.41, 5.74) is 1.52. The van der Waals surface area contributed by atoms with E-state index in [4.69, 9.17) is 5.11 Å². The van der Waals surface area contributed by atoms with Gasteiger partial charge in [0.1, 0.15) is 0 Å². The van der Waals surface area contributed by atoms with Crippen LogP contribution in [0.4, 0.5) is 10.5 Å². The van der Waals surface area contributed by atoms with Crippen molar-refractivity contribution in [1.29, 1.82) is 0 Å². The minimum atomic E-state index is -1.01. The van der Waals surface area contributed by atoms with E-state index in [9.17, 15) is 9.59 Å². The number of carboxylic acid groups (broad SMARTS) is 1. The molecule has 6 nitrogen and oxygen atoms in total. The molecular weight excluding hydrogens is 270 g/mol. The van der Waals surface area contributed by atoms with Crippen molar-refractivity contribution >= 4 is 17.7 Å². The van der Waals surface area contributed by atoms with Crippen molar-refractivity contribution in [3.63, 3.8) is 0 Å². The number of nitrogens with zero attached hydrogens (tertiary/aromatic N) is 1. The average Bonchev–Trinajstić information content (AvgIpc) is 2.43. The van der Waals surface area contributed by atoms with Crippen molar-refractivity contribution in [3.05, 3.63) is 29.3 Å². The van der Waals surface area contributed by atoms with Crippen LogP contribution in [0.25, 0.3) is 0 Å². The number of carbonyl (C=O) groups is 2. The molecule has 1 aromatic rings. The van der Waals surface area contributed by atoms with E-state index in [-0.39, 0.29) is 17.6 Å². The first-order valence-electron chi connectivity index (χ1n) is 7.05. The number of aryl methyl sites for hydroxylation is 1. The highest BCUT2D eigenvalue weighted by atomic mass is 16.4. The van der Waals surface area contributed by atoms with Crippen molar-refractivity contribution in [2.45, 2.75) is 25.8 Å². The molecule has 0 unspecified atom stereocenters. The Morgan fingerprint density at radius 2 is 1.95 bits per heavy atom. The molecule has 0 atom stereocenters. The molecule has 1 aliphatic rings. The fourth-order valence-corrected chi connectivity index (χ4v) is 2.39. The van der Waals surface area contributed by atoms with Crippen LogP contribution in [0.1, 0.15) is 28.8 Å². The van der Waals surface area contributed by atoms with Gasteiger partial charge in [0.25, 0.3) is 0 Å². The monoisotopic (exact) mass is 291 g/mol. The van der Waals surface area contributed by atoms with E-state index in [1.54, 1.807) is 6.07 Å². The van der Waals surface area contributed by atoms with Gasteiger partial charge in [0.2, 0.25) is 0 Å². The number of rotatable bonds is 3. The minimum Gasteiger partial charge on any atom is -0.478 e. The number of hydrogen-bond donors (Lipinski definition) is 3. The Kier molecular flexibility index (Phi) is 4.80. The molecule has 2 amide bonds. The molecule has 0 radical (unpaired) electrons. The number of benzene rings is 1. The maximum Gasteiger partial charge on any atom is 0.335 e. The normalized spacial score (nSPS) is 16.5. The molecule has 1 heterocycles. The third-order valence-corrected chi connectivity index (χ3v) is 3.79. The van der Waals surface area contributed by atoms with Gasteiger partial charge in [-0.15, -0.1) is 0 Å². The van der Waals surface area contributed by atoms with Crippen LogP contribution >= 0.6 is 0 Å². The molecule has 0 spiro atoms. The first kappa shape index (κ1) is 15.3. The summed E-state index contributed by atoms with van der Waals surface area (Å²) in [6.45, 7) is 3.77. The van der Waals surface area contributed by atoms with Crippen molar-refractivity contribution in [2.24, 2.45) is 0 Å². The highest BCUT2D eigenvalue weighted by Crippen LogP contribution is 2.17. The third kappa shape index (κ3) is 4.19. The number of hydrogen-bond acceptors (Lipinski definition) is 3. The molecule has 21 heavy (non-hydrogen) atoms. The Bertz CT molecular complexity index is 537. The second-order valence-corrected chi connectivity index (χ2v) is 5.51. The highest BCUT2D eigenvalue weighted by molar-refractivity contribution is 5.94. The van der Waals surface area contributed by atoms with Crippen LogP contribution in [0.2, 0.25) is 0 Å². The topological polar surface area (TPSA) is 81.7 Å². The first-order valence-corrected chi connectivity index (χ1v) is 7.05. The van der Waals surface area contributed by atoms with Gasteiger partial charge < -0.3 is 20.6 Å². The zero-order valence-electron chi connectivity index (χ0n) is 12.3. The predicted molar refractivity (Wildman–Crippen MR) is 80.8 cm³/mol. The Labute approximate surface area is 124 Å². The largest absolute Gasteiger partial charge is 0.478 e. The third-order valence-electron chi connectivity index (χ3n) is 3.79. The standard InChI is InChI=1S/C15H21N3O3/c1-10-3-4-11(14(19)20)9-13(10)17-15(21)16-12-5-7-18(2)8-6-12/h3-4,9,12H,5-8H2,1-2H3,(H,19,20)(H2,16,17,21). The lowest BCUT2D eigenvalue weighted by molar-refractivity contribution is 0.0697. The lowest BCUT2D eigenvalue weighted by atomic mass is 10.1. The zero-order valence-corrected chi connectivity index (χ0v) is 12.3. The van der Waals surface area contributed by atoms with Crippen molar-refractivity contribution in [3.8, 4) is 0 Å².